The fourth-order valence-electron chi connectivity index (χ4n) is 1.05. The van der Waals surface area contributed by atoms with E-state index in [4.69, 9.17) is 0 Å². The maximum Gasteiger partial charge on any atom is 0.175 e. The molecule has 0 heterocycles. The third kappa shape index (κ3) is 2.69. The zero-order valence-corrected chi connectivity index (χ0v) is 10.1. The lowest BCUT2D eigenvalue weighted by Crippen LogP contribution is -2.06. The van der Waals surface area contributed by atoms with Crippen molar-refractivity contribution in [3.63, 3.8) is 0 Å². The minimum absolute atomic E-state index is 0.221. The molecule has 0 aliphatic carbocycles. The SMILES string of the molecule is CP(C)(=O)c1cccc(S(C)(=O)=O)c1. The van der Waals surface area contributed by atoms with Gasteiger partial charge in [-0.25, -0.2) is 8.42 Å². The highest BCUT2D eigenvalue weighted by molar-refractivity contribution is 7.90. The molecule has 1 rings (SSSR count). The maximum atomic E-state index is 11.7. The molecule has 14 heavy (non-hydrogen) atoms. The van der Waals surface area contributed by atoms with Gasteiger partial charge >= 0.3 is 0 Å². The van der Waals surface area contributed by atoms with E-state index < -0.39 is 17.0 Å². The monoisotopic (exact) mass is 232 g/mol. The summed E-state index contributed by atoms with van der Waals surface area (Å²) in [6.07, 6.45) is 1.14. The van der Waals surface area contributed by atoms with Crippen LogP contribution >= 0.6 is 7.14 Å². The Labute approximate surface area is 84.4 Å². The van der Waals surface area contributed by atoms with Gasteiger partial charge in [0.25, 0.3) is 0 Å². The number of sulfone groups is 1. The molecule has 3 nitrogen and oxygen atoms in total. The van der Waals surface area contributed by atoms with Crippen molar-refractivity contribution < 1.29 is 13.0 Å². The van der Waals surface area contributed by atoms with Crippen molar-refractivity contribution in [3.8, 4) is 0 Å². The molecule has 0 atom stereocenters. The molecule has 0 saturated carbocycles. The Morgan fingerprint density at radius 2 is 1.79 bits per heavy atom. The molecule has 0 spiro atoms. The first-order chi connectivity index (χ1) is 6.21. The Balaban J connectivity index is 3.36. The van der Waals surface area contributed by atoms with E-state index in [9.17, 15) is 13.0 Å². The van der Waals surface area contributed by atoms with Crippen LogP contribution in [0.4, 0.5) is 0 Å². The van der Waals surface area contributed by atoms with Crippen LogP contribution in [-0.4, -0.2) is 28.0 Å². The average molecular weight is 232 g/mol. The summed E-state index contributed by atoms with van der Waals surface area (Å²) in [6.45, 7) is 3.24. The van der Waals surface area contributed by atoms with Crippen LogP contribution in [0, 0.1) is 0 Å². The highest BCUT2D eigenvalue weighted by Gasteiger charge is 2.14. The van der Waals surface area contributed by atoms with Gasteiger partial charge in [0.05, 0.1) is 4.90 Å². The van der Waals surface area contributed by atoms with Gasteiger partial charge in [-0.05, 0) is 25.5 Å². The van der Waals surface area contributed by atoms with E-state index in [0.717, 1.165) is 6.26 Å². The normalized spacial score (nSPS) is 12.8. The second-order valence-corrected chi connectivity index (χ2v) is 8.85. The lowest BCUT2D eigenvalue weighted by atomic mass is 10.4. The van der Waals surface area contributed by atoms with E-state index >= 15 is 0 Å². The topological polar surface area (TPSA) is 51.2 Å². The summed E-state index contributed by atoms with van der Waals surface area (Å²) < 4.78 is 34.1. The van der Waals surface area contributed by atoms with E-state index in [0.29, 0.717) is 5.30 Å². The van der Waals surface area contributed by atoms with Crippen LogP contribution in [0.1, 0.15) is 0 Å². The molecule has 0 amide bonds. The summed E-state index contributed by atoms with van der Waals surface area (Å²) in [5.41, 5.74) is 0. The van der Waals surface area contributed by atoms with Crippen LogP contribution in [0.2, 0.25) is 0 Å². The van der Waals surface area contributed by atoms with Gasteiger partial charge in [-0.1, -0.05) is 12.1 Å². The number of hydrogen-bond acceptors (Lipinski definition) is 3. The molecule has 0 aliphatic heterocycles. The number of hydrogen-bond donors (Lipinski definition) is 0. The van der Waals surface area contributed by atoms with Crippen LogP contribution in [0.15, 0.2) is 29.2 Å². The van der Waals surface area contributed by atoms with Gasteiger partial charge in [-0.3, -0.25) is 0 Å². The van der Waals surface area contributed by atoms with Crippen LogP contribution in [0.5, 0.6) is 0 Å². The molecule has 1 aromatic rings. The summed E-state index contributed by atoms with van der Waals surface area (Å²) in [7, 11) is -5.59. The lowest BCUT2D eigenvalue weighted by molar-refractivity contribution is 0.588. The Bertz CT molecular complexity index is 485. The van der Waals surface area contributed by atoms with Crippen molar-refractivity contribution in [2.75, 3.05) is 19.6 Å². The minimum Gasteiger partial charge on any atom is -0.319 e. The van der Waals surface area contributed by atoms with Gasteiger partial charge < -0.3 is 4.57 Å². The Morgan fingerprint density at radius 3 is 2.21 bits per heavy atom. The van der Waals surface area contributed by atoms with Crippen LogP contribution in [-0.2, 0) is 14.4 Å². The summed E-state index contributed by atoms with van der Waals surface area (Å²) in [5.74, 6) is 0. The highest BCUT2D eigenvalue weighted by Crippen LogP contribution is 2.34. The predicted molar refractivity (Wildman–Crippen MR) is 58.6 cm³/mol. The van der Waals surface area contributed by atoms with Gasteiger partial charge in [0.15, 0.2) is 9.84 Å². The fourth-order valence-corrected chi connectivity index (χ4v) is 2.70. The minimum atomic E-state index is -3.21. The largest absolute Gasteiger partial charge is 0.319 e. The van der Waals surface area contributed by atoms with Crippen molar-refractivity contribution in [1.82, 2.24) is 0 Å². The standard InChI is InChI=1S/C9H13O3PS/c1-13(2,10)8-5-4-6-9(7-8)14(3,11)12/h4-7H,1-3H3. The average Bonchev–Trinajstić information content (AvgIpc) is 2.01. The second kappa shape index (κ2) is 3.52. The Kier molecular flexibility index (Phi) is 2.88. The van der Waals surface area contributed by atoms with Crippen molar-refractivity contribution >= 4 is 22.3 Å². The van der Waals surface area contributed by atoms with E-state index in [1.807, 2.05) is 0 Å². The lowest BCUT2D eigenvalue weighted by Gasteiger charge is -2.07. The second-order valence-electron chi connectivity index (χ2n) is 3.62. The van der Waals surface area contributed by atoms with Crippen LogP contribution in [0.25, 0.3) is 0 Å². The van der Waals surface area contributed by atoms with E-state index in [-0.39, 0.29) is 4.90 Å². The van der Waals surface area contributed by atoms with E-state index in [1.165, 1.54) is 12.1 Å². The molecule has 0 bridgehead atoms. The first kappa shape index (κ1) is 11.5. The van der Waals surface area contributed by atoms with Gasteiger partial charge in [0.1, 0.15) is 7.14 Å². The molecule has 0 unspecified atom stereocenters. The van der Waals surface area contributed by atoms with Crippen LogP contribution in [0.3, 0.4) is 0 Å². The van der Waals surface area contributed by atoms with Crippen molar-refractivity contribution in [3.05, 3.63) is 24.3 Å². The number of benzene rings is 1. The summed E-state index contributed by atoms with van der Waals surface area (Å²) in [5, 5.41) is 0.598. The van der Waals surface area contributed by atoms with Crippen molar-refractivity contribution in [1.29, 1.82) is 0 Å². The third-order valence-corrected chi connectivity index (χ3v) is 4.50. The predicted octanol–water partition coefficient (Wildman–Crippen LogP) is 1.34. The number of rotatable bonds is 2. The molecule has 0 fully saturated rings. The molecular formula is C9H13O3PS. The molecule has 0 radical (unpaired) electrons. The summed E-state index contributed by atoms with van der Waals surface area (Å²) in [4.78, 5) is 0.221. The molecule has 78 valence electrons. The maximum absolute atomic E-state index is 11.7. The van der Waals surface area contributed by atoms with Gasteiger partial charge in [0, 0.05) is 11.6 Å². The molecule has 5 heteroatoms. The molecule has 0 aliphatic rings. The van der Waals surface area contributed by atoms with Gasteiger partial charge in [0.2, 0.25) is 0 Å². The smallest absolute Gasteiger partial charge is 0.175 e. The Hall–Kier alpha value is -0.600. The van der Waals surface area contributed by atoms with Gasteiger partial charge in [-0.2, -0.15) is 0 Å². The summed E-state index contributed by atoms with van der Waals surface area (Å²) in [6, 6.07) is 6.30. The Morgan fingerprint density at radius 1 is 1.21 bits per heavy atom. The zero-order valence-electron chi connectivity index (χ0n) is 8.39. The van der Waals surface area contributed by atoms with Crippen molar-refractivity contribution in [2.45, 2.75) is 4.90 Å². The van der Waals surface area contributed by atoms with E-state index in [1.54, 1.807) is 25.5 Å². The van der Waals surface area contributed by atoms with Crippen molar-refractivity contribution in [2.24, 2.45) is 0 Å². The molecule has 0 aromatic heterocycles. The first-order valence-corrected chi connectivity index (χ1v) is 8.56. The third-order valence-electron chi connectivity index (χ3n) is 1.87. The molecular weight excluding hydrogens is 219 g/mol. The van der Waals surface area contributed by atoms with Crippen LogP contribution < -0.4 is 5.30 Å². The molecule has 0 saturated heterocycles. The highest BCUT2D eigenvalue weighted by atomic mass is 32.2. The van der Waals surface area contributed by atoms with Gasteiger partial charge in [-0.15, -0.1) is 0 Å². The molecule has 0 N–H and O–H groups in total. The summed E-state index contributed by atoms with van der Waals surface area (Å²) >= 11 is 0. The fraction of sp³-hybridized carbons (Fsp3) is 0.333. The molecule has 1 aromatic carbocycles. The first-order valence-electron chi connectivity index (χ1n) is 4.07. The quantitative estimate of drug-likeness (QED) is 0.723. The van der Waals surface area contributed by atoms with E-state index in [2.05, 4.69) is 0 Å². The zero-order chi connectivity index (χ0) is 11.0.